The molecule has 0 amide bonds. The fourth-order valence-corrected chi connectivity index (χ4v) is 1.87. The van der Waals surface area contributed by atoms with Gasteiger partial charge in [-0.2, -0.15) is 0 Å². The van der Waals surface area contributed by atoms with Crippen LogP contribution in [0, 0.1) is 5.82 Å². The van der Waals surface area contributed by atoms with Crippen LogP contribution in [0.25, 0.3) is 0 Å². The fraction of sp³-hybridized carbons (Fsp3) is 0.500. The van der Waals surface area contributed by atoms with E-state index < -0.39 is 0 Å². The first-order chi connectivity index (χ1) is 8.65. The average Bonchev–Trinajstić information content (AvgIpc) is 2.35. The van der Waals surface area contributed by atoms with Gasteiger partial charge in [0.1, 0.15) is 16.6 Å². The van der Waals surface area contributed by atoms with Crippen molar-refractivity contribution in [3.63, 3.8) is 0 Å². The molecule has 0 saturated heterocycles. The van der Waals surface area contributed by atoms with Gasteiger partial charge in [-0.25, -0.2) is 4.39 Å². The van der Waals surface area contributed by atoms with Gasteiger partial charge in [-0.05, 0) is 24.6 Å². The summed E-state index contributed by atoms with van der Waals surface area (Å²) in [6, 6.07) is 4.25. The minimum Gasteiger partial charge on any atom is -0.493 e. The second-order valence-corrected chi connectivity index (χ2v) is 4.71. The summed E-state index contributed by atoms with van der Waals surface area (Å²) in [5.41, 5.74) is 6.01. The largest absolute Gasteiger partial charge is 0.493 e. The molecule has 0 bridgehead atoms. The van der Waals surface area contributed by atoms with Gasteiger partial charge in [0.2, 0.25) is 0 Å². The van der Waals surface area contributed by atoms with Crippen molar-refractivity contribution in [1.82, 2.24) is 0 Å². The predicted octanol–water partition coefficient (Wildman–Crippen LogP) is 3.81. The standard InChI is InChI=1S/C14H20FNOS/c1-2-3-4-5-6-9-17-13-8-7-11(15)10-12(13)14(16)18/h7-8,10H,2-6,9H2,1H3,(H2,16,18). The van der Waals surface area contributed by atoms with Crippen molar-refractivity contribution in [2.24, 2.45) is 5.73 Å². The summed E-state index contributed by atoms with van der Waals surface area (Å²) in [5.74, 6) is 0.215. The minimum absolute atomic E-state index is 0.162. The van der Waals surface area contributed by atoms with Crippen LogP contribution in [-0.2, 0) is 0 Å². The molecule has 0 aromatic heterocycles. The SMILES string of the molecule is CCCCCCCOc1ccc(F)cc1C(N)=S. The molecule has 0 aliphatic carbocycles. The van der Waals surface area contributed by atoms with Crippen LogP contribution in [0.5, 0.6) is 5.75 Å². The molecule has 0 aliphatic heterocycles. The zero-order chi connectivity index (χ0) is 13.4. The van der Waals surface area contributed by atoms with E-state index >= 15 is 0 Å². The number of ether oxygens (including phenoxy) is 1. The molecular formula is C14H20FNOS. The van der Waals surface area contributed by atoms with E-state index in [1.807, 2.05) is 0 Å². The van der Waals surface area contributed by atoms with Crippen molar-refractivity contribution in [3.05, 3.63) is 29.6 Å². The van der Waals surface area contributed by atoms with E-state index in [1.54, 1.807) is 6.07 Å². The van der Waals surface area contributed by atoms with Crippen LogP contribution in [0.4, 0.5) is 4.39 Å². The van der Waals surface area contributed by atoms with Gasteiger partial charge >= 0.3 is 0 Å². The van der Waals surface area contributed by atoms with Crippen molar-refractivity contribution in [2.75, 3.05) is 6.61 Å². The van der Waals surface area contributed by atoms with E-state index in [0.717, 1.165) is 12.8 Å². The Morgan fingerprint density at radius 2 is 2.00 bits per heavy atom. The van der Waals surface area contributed by atoms with Crippen LogP contribution in [-0.4, -0.2) is 11.6 Å². The summed E-state index contributed by atoms with van der Waals surface area (Å²) in [6.07, 6.45) is 5.86. The van der Waals surface area contributed by atoms with E-state index in [9.17, 15) is 4.39 Å². The van der Waals surface area contributed by atoms with Crippen molar-refractivity contribution < 1.29 is 9.13 Å². The van der Waals surface area contributed by atoms with Gasteiger partial charge in [0.25, 0.3) is 0 Å². The number of benzene rings is 1. The Morgan fingerprint density at radius 3 is 2.67 bits per heavy atom. The number of nitrogens with two attached hydrogens (primary N) is 1. The normalized spacial score (nSPS) is 10.3. The van der Waals surface area contributed by atoms with Crippen molar-refractivity contribution >= 4 is 17.2 Å². The van der Waals surface area contributed by atoms with Crippen LogP contribution in [0.3, 0.4) is 0 Å². The highest BCUT2D eigenvalue weighted by Gasteiger charge is 2.07. The number of hydrogen-bond acceptors (Lipinski definition) is 2. The van der Waals surface area contributed by atoms with Gasteiger partial charge in [0.15, 0.2) is 0 Å². The topological polar surface area (TPSA) is 35.2 Å². The first-order valence-corrected chi connectivity index (χ1v) is 6.78. The molecule has 0 radical (unpaired) electrons. The highest BCUT2D eigenvalue weighted by molar-refractivity contribution is 7.80. The molecular weight excluding hydrogens is 249 g/mol. The predicted molar refractivity (Wildman–Crippen MR) is 76.5 cm³/mol. The van der Waals surface area contributed by atoms with Gasteiger partial charge in [0.05, 0.1) is 12.2 Å². The number of thiocarbonyl (C=S) groups is 1. The zero-order valence-electron chi connectivity index (χ0n) is 10.7. The van der Waals surface area contributed by atoms with Crippen LogP contribution in [0.2, 0.25) is 0 Å². The van der Waals surface area contributed by atoms with Gasteiger partial charge in [-0.15, -0.1) is 0 Å². The highest BCUT2D eigenvalue weighted by atomic mass is 32.1. The molecule has 4 heteroatoms. The number of rotatable bonds is 8. The maximum atomic E-state index is 13.1. The Labute approximate surface area is 113 Å². The molecule has 0 heterocycles. The Balaban J connectivity index is 2.44. The molecule has 1 aromatic rings. The number of hydrogen-bond donors (Lipinski definition) is 1. The number of unbranched alkanes of at least 4 members (excludes halogenated alkanes) is 4. The van der Waals surface area contributed by atoms with Gasteiger partial charge in [-0.3, -0.25) is 0 Å². The van der Waals surface area contributed by atoms with Crippen molar-refractivity contribution in [2.45, 2.75) is 39.0 Å². The molecule has 0 fully saturated rings. The summed E-state index contributed by atoms with van der Waals surface area (Å²) in [7, 11) is 0. The summed E-state index contributed by atoms with van der Waals surface area (Å²) in [6.45, 7) is 2.80. The quantitative estimate of drug-likeness (QED) is 0.576. The Morgan fingerprint density at radius 1 is 1.28 bits per heavy atom. The second-order valence-electron chi connectivity index (χ2n) is 4.27. The third-order valence-electron chi connectivity index (χ3n) is 2.71. The minimum atomic E-state index is -0.354. The van der Waals surface area contributed by atoms with E-state index in [-0.39, 0.29) is 10.8 Å². The van der Waals surface area contributed by atoms with Crippen LogP contribution in [0.1, 0.15) is 44.6 Å². The van der Waals surface area contributed by atoms with Crippen LogP contribution < -0.4 is 10.5 Å². The molecule has 18 heavy (non-hydrogen) atoms. The zero-order valence-corrected chi connectivity index (χ0v) is 11.6. The van der Waals surface area contributed by atoms with Crippen molar-refractivity contribution in [1.29, 1.82) is 0 Å². The summed E-state index contributed by atoms with van der Waals surface area (Å²) in [4.78, 5) is 0.162. The van der Waals surface area contributed by atoms with Gasteiger partial charge in [-0.1, -0.05) is 44.8 Å². The Hall–Kier alpha value is -1.16. The van der Waals surface area contributed by atoms with E-state index in [1.165, 1.54) is 31.4 Å². The molecule has 2 N–H and O–H groups in total. The summed E-state index contributed by atoms with van der Waals surface area (Å²) >= 11 is 4.88. The molecule has 0 aliphatic rings. The lowest BCUT2D eigenvalue weighted by atomic mass is 10.1. The molecule has 0 unspecified atom stereocenters. The Kier molecular flexibility index (Phi) is 6.65. The molecule has 0 atom stereocenters. The molecule has 2 nitrogen and oxygen atoms in total. The van der Waals surface area contributed by atoms with Gasteiger partial charge < -0.3 is 10.5 Å². The van der Waals surface area contributed by atoms with E-state index in [2.05, 4.69) is 6.92 Å². The fourth-order valence-electron chi connectivity index (χ4n) is 1.71. The summed E-state index contributed by atoms with van der Waals surface area (Å²) < 4.78 is 18.7. The van der Waals surface area contributed by atoms with E-state index in [0.29, 0.717) is 17.9 Å². The van der Waals surface area contributed by atoms with Crippen LogP contribution in [0.15, 0.2) is 18.2 Å². The molecule has 0 spiro atoms. The lowest BCUT2D eigenvalue weighted by Gasteiger charge is -2.10. The molecule has 1 aromatic carbocycles. The maximum Gasteiger partial charge on any atom is 0.129 e. The lowest BCUT2D eigenvalue weighted by Crippen LogP contribution is -2.12. The monoisotopic (exact) mass is 269 g/mol. The highest BCUT2D eigenvalue weighted by Crippen LogP contribution is 2.20. The lowest BCUT2D eigenvalue weighted by molar-refractivity contribution is 0.303. The smallest absolute Gasteiger partial charge is 0.129 e. The van der Waals surface area contributed by atoms with Crippen LogP contribution >= 0.6 is 12.2 Å². The maximum absolute atomic E-state index is 13.1. The first-order valence-electron chi connectivity index (χ1n) is 6.37. The van der Waals surface area contributed by atoms with E-state index in [4.69, 9.17) is 22.7 Å². The number of halogens is 1. The van der Waals surface area contributed by atoms with Crippen molar-refractivity contribution in [3.8, 4) is 5.75 Å². The second kappa shape index (κ2) is 8.03. The summed E-state index contributed by atoms with van der Waals surface area (Å²) in [5, 5.41) is 0. The molecule has 0 saturated carbocycles. The Bertz CT molecular complexity index is 395. The molecule has 1 rings (SSSR count). The molecule has 100 valence electrons. The third kappa shape index (κ3) is 5.00. The van der Waals surface area contributed by atoms with Gasteiger partial charge in [0, 0.05) is 0 Å². The third-order valence-corrected chi connectivity index (χ3v) is 2.93. The first kappa shape index (κ1) is 14.9. The average molecular weight is 269 g/mol.